The quantitative estimate of drug-likeness (QED) is 0.390. The number of rotatable bonds is 2. The number of oxime groups is 1. The smallest absolute Gasteiger partial charge is 0.318 e. The maximum absolute atomic E-state index is 10.4. The van der Waals surface area contributed by atoms with Crippen LogP contribution in [0, 0.1) is 0 Å². The molecule has 1 heterocycles. The van der Waals surface area contributed by atoms with Gasteiger partial charge in [0.15, 0.2) is 0 Å². The second-order valence-corrected chi connectivity index (χ2v) is 2.50. The highest BCUT2D eigenvalue weighted by Crippen LogP contribution is 1.99. The molecular weight excluding hydrogens is 168 g/mol. The molecule has 0 aliphatic carbocycles. The first-order chi connectivity index (χ1) is 6.20. The summed E-state index contributed by atoms with van der Waals surface area (Å²) in [6.07, 6.45) is 3.31. The predicted molar refractivity (Wildman–Crippen MR) is 48.2 cm³/mol. The average Bonchev–Trinajstić information content (AvgIpc) is 2.15. The minimum Gasteiger partial charge on any atom is -0.318 e. The molecule has 0 saturated heterocycles. The summed E-state index contributed by atoms with van der Waals surface area (Å²) in [6, 6.07) is 3.59. The minimum atomic E-state index is -0.423. The van der Waals surface area contributed by atoms with E-state index in [-0.39, 0.29) is 0 Å². The lowest BCUT2D eigenvalue weighted by atomic mass is 10.2. The van der Waals surface area contributed by atoms with Gasteiger partial charge in [-0.1, -0.05) is 5.16 Å². The van der Waals surface area contributed by atoms with Crippen LogP contribution in [0.2, 0.25) is 0 Å². The molecule has 0 atom stereocenters. The predicted octanol–water partition coefficient (Wildman–Crippen LogP) is 1.37. The van der Waals surface area contributed by atoms with Crippen LogP contribution in [0.15, 0.2) is 29.7 Å². The molecule has 0 saturated carbocycles. The van der Waals surface area contributed by atoms with Crippen LogP contribution in [0.1, 0.15) is 19.4 Å². The molecule has 1 rings (SSSR count). The van der Waals surface area contributed by atoms with E-state index in [1.165, 1.54) is 6.92 Å². The van der Waals surface area contributed by atoms with E-state index in [9.17, 15) is 4.79 Å². The van der Waals surface area contributed by atoms with Gasteiger partial charge in [-0.2, -0.15) is 0 Å². The molecule has 0 fully saturated rings. The maximum Gasteiger partial charge on any atom is 0.331 e. The molecule has 0 amide bonds. The van der Waals surface area contributed by atoms with Gasteiger partial charge in [0, 0.05) is 24.9 Å². The largest absolute Gasteiger partial charge is 0.331 e. The van der Waals surface area contributed by atoms with Crippen molar-refractivity contribution in [1.29, 1.82) is 0 Å². The van der Waals surface area contributed by atoms with Gasteiger partial charge in [-0.05, 0) is 19.1 Å². The lowest BCUT2D eigenvalue weighted by Gasteiger charge is -1.97. The van der Waals surface area contributed by atoms with E-state index in [4.69, 9.17) is 0 Å². The summed E-state index contributed by atoms with van der Waals surface area (Å²) in [4.78, 5) is 18.8. The number of hydrogen-bond donors (Lipinski definition) is 0. The highest BCUT2D eigenvalue weighted by Gasteiger charge is 1.97. The molecule has 0 bridgehead atoms. The molecule has 4 heteroatoms. The van der Waals surface area contributed by atoms with E-state index in [0.29, 0.717) is 5.71 Å². The molecule has 0 unspecified atom stereocenters. The van der Waals surface area contributed by atoms with Crippen LogP contribution in [-0.4, -0.2) is 16.7 Å². The summed E-state index contributed by atoms with van der Waals surface area (Å²) in [5, 5.41) is 3.63. The van der Waals surface area contributed by atoms with Crippen molar-refractivity contribution >= 4 is 11.7 Å². The summed E-state index contributed by atoms with van der Waals surface area (Å²) >= 11 is 0. The van der Waals surface area contributed by atoms with Gasteiger partial charge in [0.1, 0.15) is 0 Å². The van der Waals surface area contributed by atoms with Crippen LogP contribution in [0.4, 0.5) is 0 Å². The van der Waals surface area contributed by atoms with E-state index in [2.05, 4.69) is 15.0 Å². The summed E-state index contributed by atoms with van der Waals surface area (Å²) in [5.41, 5.74) is 1.54. The Bertz CT molecular complexity index is 320. The lowest BCUT2D eigenvalue weighted by Crippen LogP contribution is -1.99. The van der Waals surface area contributed by atoms with Crippen molar-refractivity contribution in [2.75, 3.05) is 0 Å². The molecule has 1 aromatic rings. The fourth-order valence-corrected chi connectivity index (χ4v) is 0.779. The van der Waals surface area contributed by atoms with Crippen molar-refractivity contribution in [2.45, 2.75) is 13.8 Å². The van der Waals surface area contributed by atoms with Crippen LogP contribution in [0.3, 0.4) is 0 Å². The zero-order chi connectivity index (χ0) is 9.68. The monoisotopic (exact) mass is 178 g/mol. The average molecular weight is 178 g/mol. The fourth-order valence-electron chi connectivity index (χ4n) is 0.779. The summed E-state index contributed by atoms with van der Waals surface area (Å²) in [5.74, 6) is -0.423. The van der Waals surface area contributed by atoms with Gasteiger partial charge in [-0.25, -0.2) is 4.79 Å². The second kappa shape index (κ2) is 4.35. The SMILES string of the molecule is CC(=O)O/N=C(/C)c1ccncc1. The molecule has 1 aromatic heterocycles. The molecule has 0 N–H and O–H groups in total. The fraction of sp³-hybridized carbons (Fsp3) is 0.222. The van der Waals surface area contributed by atoms with Crippen molar-refractivity contribution in [2.24, 2.45) is 5.16 Å². The molecule has 0 spiro atoms. The number of nitrogens with zero attached hydrogens (tertiary/aromatic N) is 2. The van der Waals surface area contributed by atoms with E-state index in [0.717, 1.165) is 5.56 Å². The first-order valence-electron chi connectivity index (χ1n) is 3.82. The van der Waals surface area contributed by atoms with Gasteiger partial charge >= 0.3 is 5.97 Å². The number of carbonyl (C=O) groups is 1. The molecule has 0 radical (unpaired) electrons. The zero-order valence-corrected chi connectivity index (χ0v) is 7.52. The van der Waals surface area contributed by atoms with E-state index in [1.807, 2.05) is 0 Å². The molecule has 13 heavy (non-hydrogen) atoms. The topological polar surface area (TPSA) is 51.5 Å². The minimum absolute atomic E-state index is 0.423. The van der Waals surface area contributed by atoms with Crippen molar-refractivity contribution in [3.63, 3.8) is 0 Å². The first kappa shape index (κ1) is 9.38. The molecular formula is C9H10N2O2. The van der Waals surface area contributed by atoms with Gasteiger partial charge in [0.05, 0.1) is 5.71 Å². The number of hydrogen-bond acceptors (Lipinski definition) is 4. The van der Waals surface area contributed by atoms with Crippen molar-refractivity contribution < 1.29 is 9.63 Å². The molecule has 4 nitrogen and oxygen atoms in total. The number of aromatic nitrogens is 1. The van der Waals surface area contributed by atoms with Gasteiger partial charge < -0.3 is 4.84 Å². The highest BCUT2D eigenvalue weighted by molar-refractivity contribution is 5.98. The van der Waals surface area contributed by atoms with Gasteiger partial charge in [-0.15, -0.1) is 0 Å². The van der Waals surface area contributed by atoms with Crippen molar-refractivity contribution in [3.8, 4) is 0 Å². The van der Waals surface area contributed by atoms with Gasteiger partial charge in [0.25, 0.3) is 0 Å². The third kappa shape index (κ3) is 3.02. The Hall–Kier alpha value is -1.71. The van der Waals surface area contributed by atoms with Crippen molar-refractivity contribution in [3.05, 3.63) is 30.1 Å². The number of pyridine rings is 1. The zero-order valence-electron chi connectivity index (χ0n) is 7.52. The Labute approximate surface area is 76.2 Å². The normalized spacial score (nSPS) is 11.1. The second-order valence-electron chi connectivity index (χ2n) is 2.50. The maximum atomic E-state index is 10.4. The summed E-state index contributed by atoms with van der Waals surface area (Å²) in [7, 11) is 0. The standard InChI is InChI=1S/C9H10N2O2/c1-7(11-13-8(2)12)9-3-5-10-6-4-9/h3-6H,1-2H3/b11-7-. The Balaban J connectivity index is 2.73. The summed E-state index contributed by atoms with van der Waals surface area (Å²) in [6.45, 7) is 3.07. The van der Waals surface area contributed by atoms with E-state index >= 15 is 0 Å². The van der Waals surface area contributed by atoms with E-state index in [1.54, 1.807) is 31.5 Å². The Morgan fingerprint density at radius 1 is 1.38 bits per heavy atom. The highest BCUT2D eigenvalue weighted by atomic mass is 16.7. The first-order valence-corrected chi connectivity index (χ1v) is 3.82. The van der Waals surface area contributed by atoms with Crippen LogP contribution in [0.5, 0.6) is 0 Å². The molecule has 0 aromatic carbocycles. The number of carbonyl (C=O) groups excluding carboxylic acids is 1. The van der Waals surface area contributed by atoms with Crippen molar-refractivity contribution in [1.82, 2.24) is 4.98 Å². The van der Waals surface area contributed by atoms with E-state index < -0.39 is 5.97 Å². The Morgan fingerprint density at radius 3 is 2.54 bits per heavy atom. The lowest BCUT2D eigenvalue weighted by molar-refractivity contribution is -0.140. The third-order valence-electron chi connectivity index (χ3n) is 1.41. The molecule has 0 aliphatic heterocycles. The van der Waals surface area contributed by atoms with Crippen LogP contribution < -0.4 is 0 Å². The summed E-state index contributed by atoms with van der Waals surface area (Å²) < 4.78 is 0. The molecule has 68 valence electrons. The van der Waals surface area contributed by atoms with Gasteiger partial charge in [-0.3, -0.25) is 4.98 Å². The molecule has 0 aliphatic rings. The Kier molecular flexibility index (Phi) is 3.14. The van der Waals surface area contributed by atoms with Gasteiger partial charge in [0.2, 0.25) is 0 Å². The Morgan fingerprint density at radius 2 is 2.00 bits per heavy atom. The van der Waals surface area contributed by atoms with Crippen LogP contribution in [0.25, 0.3) is 0 Å². The third-order valence-corrected chi connectivity index (χ3v) is 1.41. The van der Waals surface area contributed by atoms with Crippen LogP contribution >= 0.6 is 0 Å². The van der Waals surface area contributed by atoms with Crippen LogP contribution in [-0.2, 0) is 9.63 Å².